The molecule has 9 heteroatoms. The highest BCUT2D eigenvalue weighted by Crippen LogP contribution is 2.12. The molecule has 2 aromatic rings. The lowest BCUT2D eigenvalue weighted by Crippen LogP contribution is -2.38. The first kappa shape index (κ1) is 22.9. The van der Waals surface area contributed by atoms with Crippen molar-refractivity contribution in [2.24, 2.45) is 12.0 Å². The fourth-order valence-electron chi connectivity index (χ4n) is 2.75. The number of nitrogens with zero attached hydrogens (tertiary/aromatic N) is 3. The number of sulfonamides is 1. The van der Waals surface area contributed by atoms with E-state index >= 15 is 0 Å². The number of nitrogens with one attached hydrogen (secondary N) is 2. The molecule has 8 nitrogen and oxygen atoms in total. The number of rotatable bonds is 10. The summed E-state index contributed by atoms with van der Waals surface area (Å²) in [6, 6.07) is 10.9. The van der Waals surface area contributed by atoms with Gasteiger partial charge >= 0.3 is 0 Å². The summed E-state index contributed by atoms with van der Waals surface area (Å²) in [5.74, 6) is 0.798. The fourth-order valence-corrected chi connectivity index (χ4v) is 3.76. The molecule has 0 fully saturated rings. The molecule has 0 aliphatic rings. The normalized spacial score (nSPS) is 12.2. The van der Waals surface area contributed by atoms with Gasteiger partial charge < -0.3 is 19.5 Å². The number of aromatic nitrogens is 1. The summed E-state index contributed by atoms with van der Waals surface area (Å²) in [6.07, 6.45) is 2.02. The van der Waals surface area contributed by atoms with E-state index in [0.29, 0.717) is 13.2 Å². The van der Waals surface area contributed by atoms with Gasteiger partial charge in [0.2, 0.25) is 10.0 Å². The highest BCUT2D eigenvalue weighted by atomic mass is 32.2. The van der Waals surface area contributed by atoms with Crippen molar-refractivity contribution in [1.82, 2.24) is 19.5 Å². The Morgan fingerprint density at radius 3 is 2.55 bits per heavy atom. The molecule has 0 aliphatic heterocycles. The molecule has 0 bridgehead atoms. The van der Waals surface area contributed by atoms with Crippen molar-refractivity contribution >= 4 is 16.0 Å². The predicted octanol–water partition coefficient (Wildman–Crippen LogP) is 1.55. The van der Waals surface area contributed by atoms with Crippen molar-refractivity contribution in [3.63, 3.8) is 0 Å². The molecule has 1 aromatic heterocycles. The van der Waals surface area contributed by atoms with Gasteiger partial charge in [0.15, 0.2) is 5.96 Å². The molecule has 0 spiro atoms. The van der Waals surface area contributed by atoms with Crippen molar-refractivity contribution in [3.05, 3.63) is 53.9 Å². The molecule has 0 saturated carbocycles. The maximum absolute atomic E-state index is 12.2. The molecule has 2 N–H and O–H groups in total. The van der Waals surface area contributed by atoms with Crippen LogP contribution in [0.2, 0.25) is 0 Å². The zero-order valence-electron chi connectivity index (χ0n) is 17.6. The molecule has 29 heavy (non-hydrogen) atoms. The summed E-state index contributed by atoms with van der Waals surface area (Å²) in [5.41, 5.74) is 2.12. The molecular formula is C20H31N5O3S. The summed E-state index contributed by atoms with van der Waals surface area (Å²) < 4.78 is 33.9. The van der Waals surface area contributed by atoms with Gasteiger partial charge in [0.05, 0.1) is 24.6 Å². The average molecular weight is 422 g/mol. The summed E-state index contributed by atoms with van der Waals surface area (Å²) in [7, 11) is 2.02. The zero-order valence-corrected chi connectivity index (χ0v) is 18.4. The van der Waals surface area contributed by atoms with Gasteiger partial charge in [-0.1, -0.05) is 12.1 Å². The molecule has 0 radical (unpaired) electrons. The van der Waals surface area contributed by atoms with E-state index in [1.54, 1.807) is 24.3 Å². The van der Waals surface area contributed by atoms with Crippen molar-refractivity contribution < 1.29 is 13.2 Å². The second kappa shape index (κ2) is 11.0. The van der Waals surface area contributed by atoms with Gasteiger partial charge in [0.1, 0.15) is 0 Å². The third kappa shape index (κ3) is 6.88. The van der Waals surface area contributed by atoms with E-state index in [-0.39, 0.29) is 11.4 Å². The van der Waals surface area contributed by atoms with Crippen LogP contribution in [-0.2, 0) is 34.9 Å². The summed E-state index contributed by atoms with van der Waals surface area (Å²) in [4.78, 5) is 6.98. The smallest absolute Gasteiger partial charge is 0.240 e. The molecule has 1 heterocycles. The number of guanidine groups is 1. The third-order valence-corrected chi connectivity index (χ3v) is 5.87. The van der Waals surface area contributed by atoms with E-state index in [1.807, 2.05) is 33.3 Å². The van der Waals surface area contributed by atoms with Crippen LogP contribution in [0, 0.1) is 0 Å². The largest absolute Gasteiger partial charge is 0.383 e. The molecular weight excluding hydrogens is 390 g/mol. The van der Waals surface area contributed by atoms with Gasteiger partial charge in [-0.2, -0.15) is 0 Å². The minimum atomic E-state index is -3.52. The molecule has 1 aromatic carbocycles. The van der Waals surface area contributed by atoms with Crippen LogP contribution >= 0.6 is 0 Å². The molecule has 0 atom stereocenters. The van der Waals surface area contributed by atoms with Gasteiger partial charge in [-0.15, -0.1) is 0 Å². The van der Waals surface area contributed by atoms with Gasteiger partial charge in [-0.05, 0) is 36.8 Å². The van der Waals surface area contributed by atoms with E-state index < -0.39 is 10.0 Å². The standard InChI is InChI=1S/C20H31N5O3S/c1-5-21-20(25(3)16-18-7-6-13-24(18)2)22-15-17-8-10-19(11-9-17)29(26,27)23-12-14-28-4/h6-11,13,23H,5,12,14-16H2,1-4H3,(H,21,22). The Morgan fingerprint density at radius 1 is 1.24 bits per heavy atom. The lowest BCUT2D eigenvalue weighted by molar-refractivity contribution is 0.204. The Morgan fingerprint density at radius 2 is 1.97 bits per heavy atom. The Bertz CT molecular complexity index is 891. The summed E-state index contributed by atoms with van der Waals surface area (Å²) in [6.45, 7) is 4.56. The first-order chi connectivity index (χ1) is 13.9. The van der Waals surface area contributed by atoms with Crippen LogP contribution in [0.4, 0.5) is 0 Å². The van der Waals surface area contributed by atoms with Crippen molar-refractivity contribution in [1.29, 1.82) is 0 Å². The lowest BCUT2D eigenvalue weighted by Gasteiger charge is -2.22. The van der Waals surface area contributed by atoms with E-state index in [4.69, 9.17) is 4.74 Å². The van der Waals surface area contributed by atoms with Crippen LogP contribution in [0.15, 0.2) is 52.5 Å². The second-order valence-electron chi connectivity index (χ2n) is 6.67. The number of methoxy groups -OCH3 is 1. The lowest BCUT2D eigenvalue weighted by atomic mass is 10.2. The van der Waals surface area contributed by atoms with Crippen LogP contribution in [0.5, 0.6) is 0 Å². The van der Waals surface area contributed by atoms with E-state index in [9.17, 15) is 8.42 Å². The van der Waals surface area contributed by atoms with Gasteiger partial charge in [-0.3, -0.25) is 0 Å². The number of aliphatic imine (C=N–C) groups is 1. The minimum absolute atomic E-state index is 0.231. The number of aryl methyl sites for hydroxylation is 1. The monoisotopic (exact) mass is 421 g/mol. The second-order valence-corrected chi connectivity index (χ2v) is 8.44. The van der Waals surface area contributed by atoms with Crippen LogP contribution in [0.1, 0.15) is 18.2 Å². The van der Waals surface area contributed by atoms with Gasteiger partial charge in [-0.25, -0.2) is 18.1 Å². The van der Waals surface area contributed by atoms with Crippen molar-refractivity contribution in [3.8, 4) is 0 Å². The number of ether oxygens (including phenoxy) is 1. The first-order valence-electron chi connectivity index (χ1n) is 9.54. The van der Waals surface area contributed by atoms with Crippen LogP contribution < -0.4 is 10.0 Å². The number of benzene rings is 1. The molecule has 0 unspecified atom stereocenters. The molecule has 2 rings (SSSR count). The van der Waals surface area contributed by atoms with E-state index in [0.717, 1.165) is 24.6 Å². The van der Waals surface area contributed by atoms with E-state index in [1.165, 1.54) is 12.8 Å². The quantitative estimate of drug-likeness (QED) is 0.345. The maximum Gasteiger partial charge on any atom is 0.240 e. The Kier molecular flexibility index (Phi) is 8.69. The third-order valence-electron chi connectivity index (χ3n) is 4.39. The Labute approximate surface area is 173 Å². The average Bonchev–Trinajstić information content (AvgIpc) is 3.10. The zero-order chi connectivity index (χ0) is 21.3. The van der Waals surface area contributed by atoms with Crippen molar-refractivity contribution in [2.75, 3.05) is 33.9 Å². The SMILES string of the molecule is CCNC(=NCc1ccc(S(=O)(=O)NCCOC)cc1)N(C)Cc1cccn1C. The summed E-state index contributed by atoms with van der Waals surface area (Å²) >= 11 is 0. The Hall–Kier alpha value is -2.36. The first-order valence-corrected chi connectivity index (χ1v) is 11.0. The molecule has 160 valence electrons. The number of hydrogen-bond donors (Lipinski definition) is 2. The topological polar surface area (TPSA) is 88.0 Å². The Balaban J connectivity index is 2.04. The number of hydrogen-bond acceptors (Lipinski definition) is 4. The van der Waals surface area contributed by atoms with Crippen LogP contribution in [0.3, 0.4) is 0 Å². The fraction of sp³-hybridized carbons (Fsp3) is 0.450. The van der Waals surface area contributed by atoms with E-state index in [2.05, 4.69) is 30.6 Å². The van der Waals surface area contributed by atoms with Crippen LogP contribution in [-0.4, -0.2) is 57.7 Å². The van der Waals surface area contributed by atoms with Crippen LogP contribution in [0.25, 0.3) is 0 Å². The van der Waals surface area contributed by atoms with Gasteiger partial charge in [0.25, 0.3) is 0 Å². The minimum Gasteiger partial charge on any atom is -0.383 e. The highest BCUT2D eigenvalue weighted by molar-refractivity contribution is 7.89. The highest BCUT2D eigenvalue weighted by Gasteiger charge is 2.13. The molecule has 0 aliphatic carbocycles. The van der Waals surface area contributed by atoms with Gasteiger partial charge in [0, 0.05) is 46.2 Å². The summed E-state index contributed by atoms with van der Waals surface area (Å²) in [5, 5.41) is 3.30. The predicted molar refractivity (Wildman–Crippen MR) is 115 cm³/mol. The molecule has 0 amide bonds. The maximum atomic E-state index is 12.2. The van der Waals surface area contributed by atoms with Crippen molar-refractivity contribution in [2.45, 2.75) is 24.9 Å². The molecule has 0 saturated heterocycles.